The smallest absolute Gasteiger partial charge is 0.348 e. The molecule has 0 atom stereocenters. The Morgan fingerprint density at radius 1 is 1.03 bits per heavy atom. The van der Waals surface area contributed by atoms with E-state index in [-0.39, 0.29) is 66.5 Å². The van der Waals surface area contributed by atoms with Crippen LogP contribution in [0.2, 0.25) is 0 Å². The number of Topliss-reactive ketones (excluding diaryl/α,β-unsaturated/α-hetero) is 1. The lowest BCUT2D eigenvalue weighted by molar-refractivity contribution is -0.144. The van der Waals surface area contributed by atoms with Crippen LogP contribution in [0.15, 0.2) is 35.7 Å². The summed E-state index contributed by atoms with van der Waals surface area (Å²) in [6, 6.07) is 7.96. The first-order valence-corrected chi connectivity index (χ1v) is 12.0. The van der Waals surface area contributed by atoms with Gasteiger partial charge in [0, 0.05) is 35.0 Å². The third-order valence-corrected chi connectivity index (χ3v) is 6.72. The topological polar surface area (TPSA) is 98.8 Å². The van der Waals surface area contributed by atoms with E-state index in [0.29, 0.717) is 9.58 Å². The van der Waals surface area contributed by atoms with Crippen molar-refractivity contribution >= 4 is 56.4 Å². The molecule has 1 N–H and O–H groups in total. The molecule has 10 heteroatoms. The van der Waals surface area contributed by atoms with E-state index >= 15 is 0 Å². The quantitative estimate of drug-likeness (QED) is 0.313. The van der Waals surface area contributed by atoms with Crippen molar-refractivity contribution in [2.45, 2.75) is 32.8 Å². The summed E-state index contributed by atoms with van der Waals surface area (Å²) >= 11 is 2.40. The number of esters is 2. The van der Waals surface area contributed by atoms with Gasteiger partial charge in [0.1, 0.15) is 17.3 Å². The maximum absolute atomic E-state index is 14.4. The minimum absolute atomic E-state index is 0.0227. The van der Waals surface area contributed by atoms with E-state index in [4.69, 9.17) is 9.47 Å². The summed E-state index contributed by atoms with van der Waals surface area (Å²) in [6.07, 6.45) is 0.00295. The van der Waals surface area contributed by atoms with E-state index < -0.39 is 17.8 Å². The van der Waals surface area contributed by atoms with Crippen molar-refractivity contribution in [3.63, 3.8) is 0 Å². The molecule has 0 saturated heterocycles. The van der Waals surface area contributed by atoms with E-state index in [9.17, 15) is 23.6 Å². The number of amides is 1. The van der Waals surface area contributed by atoms with E-state index in [2.05, 4.69) is 5.32 Å². The number of hydrogen-bond acceptors (Lipinski definition) is 8. The number of nitrogens with one attached hydrogen (secondary N) is 1. The van der Waals surface area contributed by atoms with Crippen LogP contribution in [0.5, 0.6) is 0 Å². The number of rotatable bonds is 11. The highest BCUT2D eigenvalue weighted by Crippen LogP contribution is 2.34. The van der Waals surface area contributed by atoms with Crippen molar-refractivity contribution < 1.29 is 33.0 Å². The normalized spacial score (nSPS) is 10.7. The Hall–Kier alpha value is -3.11. The molecule has 0 bridgehead atoms. The lowest BCUT2D eigenvalue weighted by Crippen LogP contribution is -2.26. The van der Waals surface area contributed by atoms with Gasteiger partial charge in [-0.15, -0.1) is 22.7 Å². The zero-order chi connectivity index (χ0) is 23.8. The lowest BCUT2D eigenvalue weighted by Gasteiger charge is -2.08. The molecule has 2 heterocycles. The molecule has 0 saturated carbocycles. The van der Waals surface area contributed by atoms with Crippen LogP contribution in [0, 0.1) is 5.82 Å². The predicted molar refractivity (Wildman–Crippen MR) is 123 cm³/mol. The lowest BCUT2D eigenvalue weighted by atomic mass is 10.1. The van der Waals surface area contributed by atoms with Crippen LogP contribution in [0.4, 0.5) is 4.39 Å². The molecule has 0 aliphatic rings. The Balaban J connectivity index is 1.50. The largest absolute Gasteiger partial charge is 0.462 e. The molecule has 0 radical (unpaired) electrons. The summed E-state index contributed by atoms with van der Waals surface area (Å²) in [6.45, 7) is 1.57. The predicted octanol–water partition coefficient (Wildman–Crippen LogP) is 4.49. The first-order chi connectivity index (χ1) is 15.9. The van der Waals surface area contributed by atoms with Gasteiger partial charge >= 0.3 is 11.9 Å². The van der Waals surface area contributed by atoms with Gasteiger partial charge in [-0.25, -0.2) is 9.18 Å². The number of thiophene rings is 2. The fourth-order valence-corrected chi connectivity index (χ4v) is 4.88. The number of carbonyl (C=O) groups excluding carboxylic acids is 4. The number of hydrogen-bond donors (Lipinski definition) is 1. The fraction of sp³-hybridized carbons (Fsp3) is 0.304. The molecule has 0 unspecified atom stereocenters. The summed E-state index contributed by atoms with van der Waals surface area (Å²) in [5.41, 5.74) is 0.260. The average molecular weight is 492 g/mol. The first-order valence-electron chi connectivity index (χ1n) is 10.3. The minimum Gasteiger partial charge on any atom is -0.462 e. The van der Waals surface area contributed by atoms with Crippen molar-refractivity contribution in [1.29, 1.82) is 0 Å². The van der Waals surface area contributed by atoms with Crippen LogP contribution in [-0.2, 0) is 25.7 Å². The Labute approximate surface area is 197 Å². The second kappa shape index (κ2) is 11.7. The molecular weight excluding hydrogens is 469 g/mol. The van der Waals surface area contributed by atoms with Crippen LogP contribution in [0.3, 0.4) is 0 Å². The third kappa shape index (κ3) is 6.45. The van der Waals surface area contributed by atoms with Crippen LogP contribution in [-0.4, -0.2) is 36.8 Å². The third-order valence-electron chi connectivity index (χ3n) is 4.63. The highest BCUT2D eigenvalue weighted by molar-refractivity contribution is 7.21. The summed E-state index contributed by atoms with van der Waals surface area (Å²) in [4.78, 5) is 49.0. The molecule has 174 valence electrons. The molecule has 2 aromatic heterocycles. The first kappa shape index (κ1) is 24.5. The van der Waals surface area contributed by atoms with Gasteiger partial charge in [-0.3, -0.25) is 14.4 Å². The molecular formula is C23H22FNO6S2. The minimum atomic E-state index is -0.615. The van der Waals surface area contributed by atoms with E-state index in [0.717, 1.165) is 11.3 Å². The fourth-order valence-electron chi connectivity index (χ4n) is 3.07. The highest BCUT2D eigenvalue weighted by Gasteiger charge is 2.23. The van der Waals surface area contributed by atoms with Crippen molar-refractivity contribution in [3.05, 3.63) is 56.8 Å². The van der Waals surface area contributed by atoms with E-state index in [1.807, 2.05) is 0 Å². The highest BCUT2D eigenvalue weighted by atomic mass is 32.1. The maximum Gasteiger partial charge on any atom is 0.348 e. The molecule has 0 aliphatic heterocycles. The maximum atomic E-state index is 14.4. The standard InChI is InChI=1S/C23H22FNO6S2/c1-2-30-23(29)22-14(21-15(24)5-3-6-18(21)33-22)13-31-20(28)10-11-25-19(27)9-8-16(26)17-7-4-12-32-17/h3-7,12H,2,8-11,13H2,1H3,(H,25,27). The van der Waals surface area contributed by atoms with Gasteiger partial charge in [-0.05, 0) is 30.5 Å². The van der Waals surface area contributed by atoms with Crippen LogP contribution >= 0.6 is 22.7 Å². The molecule has 1 amide bonds. The zero-order valence-electron chi connectivity index (χ0n) is 17.9. The van der Waals surface area contributed by atoms with Gasteiger partial charge < -0.3 is 14.8 Å². The van der Waals surface area contributed by atoms with Gasteiger partial charge in [0.15, 0.2) is 5.78 Å². The van der Waals surface area contributed by atoms with Gasteiger partial charge in [0.25, 0.3) is 0 Å². The summed E-state index contributed by atoms with van der Waals surface area (Å²) < 4.78 is 25.2. The number of carbonyl (C=O) groups is 4. The molecule has 1 aromatic carbocycles. The van der Waals surface area contributed by atoms with E-state index in [1.165, 1.54) is 23.5 Å². The second-order valence-electron chi connectivity index (χ2n) is 6.90. The molecule has 0 fully saturated rings. The monoisotopic (exact) mass is 491 g/mol. The number of fused-ring (bicyclic) bond motifs is 1. The average Bonchev–Trinajstić information content (AvgIpc) is 3.45. The summed E-state index contributed by atoms with van der Waals surface area (Å²) in [5, 5.41) is 4.59. The van der Waals surface area contributed by atoms with Crippen molar-refractivity contribution in [2.75, 3.05) is 13.2 Å². The number of ketones is 1. The molecule has 0 aliphatic carbocycles. The Morgan fingerprint density at radius 2 is 1.85 bits per heavy atom. The number of ether oxygens (including phenoxy) is 2. The van der Waals surface area contributed by atoms with Crippen molar-refractivity contribution in [2.24, 2.45) is 0 Å². The molecule has 3 aromatic rings. The van der Waals surface area contributed by atoms with Crippen LogP contribution < -0.4 is 5.32 Å². The molecule has 3 rings (SSSR count). The Bertz CT molecular complexity index is 1160. The Morgan fingerprint density at radius 3 is 2.58 bits per heavy atom. The SMILES string of the molecule is CCOC(=O)c1sc2cccc(F)c2c1COC(=O)CCNC(=O)CCC(=O)c1cccs1. The zero-order valence-corrected chi connectivity index (χ0v) is 19.5. The second-order valence-corrected chi connectivity index (χ2v) is 8.90. The molecule has 0 spiro atoms. The van der Waals surface area contributed by atoms with Gasteiger partial charge in [-0.2, -0.15) is 0 Å². The van der Waals surface area contributed by atoms with E-state index in [1.54, 1.807) is 30.5 Å². The van der Waals surface area contributed by atoms with Crippen LogP contribution in [0.1, 0.15) is 51.1 Å². The van der Waals surface area contributed by atoms with Gasteiger partial charge in [0.05, 0.1) is 17.9 Å². The van der Waals surface area contributed by atoms with Gasteiger partial charge in [-0.1, -0.05) is 12.1 Å². The van der Waals surface area contributed by atoms with Crippen LogP contribution in [0.25, 0.3) is 10.1 Å². The number of halogens is 1. The number of benzene rings is 1. The van der Waals surface area contributed by atoms with Crippen molar-refractivity contribution in [1.82, 2.24) is 5.32 Å². The summed E-state index contributed by atoms with van der Waals surface area (Å²) in [5.74, 6) is -2.19. The van der Waals surface area contributed by atoms with Gasteiger partial charge in [0.2, 0.25) is 5.91 Å². The Kier molecular flexibility index (Phi) is 8.67. The molecule has 7 nitrogen and oxygen atoms in total. The molecule has 33 heavy (non-hydrogen) atoms. The summed E-state index contributed by atoms with van der Waals surface area (Å²) in [7, 11) is 0. The van der Waals surface area contributed by atoms with Crippen molar-refractivity contribution in [3.8, 4) is 0 Å².